The van der Waals surface area contributed by atoms with Gasteiger partial charge in [-0.3, -0.25) is 9.89 Å². The fraction of sp³-hybridized carbons (Fsp3) is 0.684. The molecule has 4 atom stereocenters. The fourth-order valence-electron chi connectivity index (χ4n) is 4.79. The molecule has 2 N–H and O–H groups in total. The van der Waals surface area contributed by atoms with Crippen molar-refractivity contribution < 1.29 is 9.53 Å². The van der Waals surface area contributed by atoms with Crippen molar-refractivity contribution in [2.45, 2.75) is 56.7 Å². The molecule has 1 aliphatic heterocycles. The van der Waals surface area contributed by atoms with Gasteiger partial charge in [-0.1, -0.05) is 18.6 Å². The number of H-pyrrole nitrogens is 1. The van der Waals surface area contributed by atoms with Gasteiger partial charge in [0.1, 0.15) is 0 Å². The van der Waals surface area contributed by atoms with E-state index in [1.165, 1.54) is 25.8 Å². The minimum Gasteiger partial charge on any atom is -0.377 e. The second-order valence-corrected chi connectivity index (χ2v) is 7.75. The zero-order chi connectivity index (χ0) is 17.4. The van der Waals surface area contributed by atoms with Crippen LogP contribution in [0.3, 0.4) is 0 Å². The molecule has 4 rings (SSSR count). The summed E-state index contributed by atoms with van der Waals surface area (Å²) in [5.41, 5.74) is 2.41. The molecule has 0 radical (unpaired) electrons. The average Bonchev–Trinajstić information content (AvgIpc) is 3.17. The Balaban J connectivity index is 1.43. The van der Waals surface area contributed by atoms with E-state index in [-0.39, 0.29) is 18.1 Å². The number of amides is 1. The van der Waals surface area contributed by atoms with Gasteiger partial charge in [0.15, 0.2) is 5.69 Å². The first-order valence-corrected chi connectivity index (χ1v) is 9.45. The highest BCUT2D eigenvalue weighted by atomic mass is 16.5. The van der Waals surface area contributed by atoms with Gasteiger partial charge >= 0.3 is 0 Å². The van der Waals surface area contributed by atoms with Crippen molar-refractivity contribution in [1.29, 1.82) is 0 Å². The Kier molecular flexibility index (Phi) is 4.65. The Morgan fingerprint density at radius 2 is 2.28 bits per heavy atom. The predicted molar refractivity (Wildman–Crippen MR) is 96.4 cm³/mol. The molecule has 2 heterocycles. The molecule has 136 valence electrons. The summed E-state index contributed by atoms with van der Waals surface area (Å²) in [6, 6.07) is 0.873. The number of nitrogens with zero attached hydrogens (tertiary/aromatic N) is 2. The summed E-state index contributed by atoms with van der Waals surface area (Å²) in [5, 5.41) is 10.5. The third-order valence-electron chi connectivity index (χ3n) is 6.18. The van der Waals surface area contributed by atoms with Crippen molar-refractivity contribution in [2.24, 2.45) is 5.92 Å². The lowest BCUT2D eigenvalue weighted by molar-refractivity contribution is 0.0930. The Morgan fingerprint density at radius 3 is 3.12 bits per heavy atom. The molecule has 1 aromatic rings. The van der Waals surface area contributed by atoms with Crippen LogP contribution in [0.25, 0.3) is 6.08 Å². The Bertz CT molecular complexity index is 668. The molecular weight excluding hydrogens is 316 g/mol. The maximum atomic E-state index is 12.8. The summed E-state index contributed by atoms with van der Waals surface area (Å²) in [7, 11) is 3.93. The molecule has 1 aromatic heterocycles. The van der Waals surface area contributed by atoms with Gasteiger partial charge in [0.2, 0.25) is 0 Å². The Morgan fingerprint density at radius 1 is 1.40 bits per heavy atom. The minimum absolute atomic E-state index is 0.0536. The van der Waals surface area contributed by atoms with Crippen molar-refractivity contribution >= 4 is 12.0 Å². The minimum atomic E-state index is -0.0536. The van der Waals surface area contributed by atoms with E-state index < -0.39 is 0 Å². The molecule has 25 heavy (non-hydrogen) atoms. The van der Waals surface area contributed by atoms with E-state index in [0.717, 1.165) is 30.5 Å². The van der Waals surface area contributed by atoms with Gasteiger partial charge in [0.25, 0.3) is 5.91 Å². The number of carbonyl (C=O) groups excluding carboxylic acids is 1. The van der Waals surface area contributed by atoms with Crippen LogP contribution in [0.15, 0.2) is 6.08 Å². The van der Waals surface area contributed by atoms with E-state index in [1.54, 1.807) is 7.11 Å². The summed E-state index contributed by atoms with van der Waals surface area (Å²) in [5.74, 6) is 0.662. The number of hydrogen-bond donors (Lipinski definition) is 2. The standard InChI is InChI=1S/C19H28N4O2/c1-23-8-4-3-5-12-9-13(10-17(12)23)20-19(24)18-15-7-6-14(25-2)11-16(15)21-22-18/h6-7,12-14,17H,3-5,8-11H2,1-2H3,(H,20,24)(H,21,22)/t12?,13-,14?,17?/m0/s1. The maximum Gasteiger partial charge on any atom is 0.272 e. The van der Waals surface area contributed by atoms with Crippen molar-refractivity contribution in [1.82, 2.24) is 20.4 Å². The van der Waals surface area contributed by atoms with Crippen molar-refractivity contribution in [3.05, 3.63) is 23.0 Å². The van der Waals surface area contributed by atoms with Crippen LogP contribution in [0.2, 0.25) is 0 Å². The van der Waals surface area contributed by atoms with Crippen LogP contribution < -0.4 is 5.32 Å². The van der Waals surface area contributed by atoms with Crippen molar-refractivity contribution in [3.8, 4) is 0 Å². The number of likely N-dealkylation sites (tertiary alicyclic amines) is 1. The molecule has 1 amide bonds. The monoisotopic (exact) mass is 344 g/mol. The molecule has 0 spiro atoms. The van der Waals surface area contributed by atoms with Crippen LogP contribution in [0.1, 0.15) is 53.8 Å². The molecular formula is C19H28N4O2. The van der Waals surface area contributed by atoms with Gasteiger partial charge in [-0.05, 0) is 45.2 Å². The van der Waals surface area contributed by atoms with E-state index >= 15 is 0 Å². The molecule has 1 saturated carbocycles. The van der Waals surface area contributed by atoms with Crippen LogP contribution in [-0.4, -0.2) is 59.9 Å². The topological polar surface area (TPSA) is 70.2 Å². The van der Waals surface area contributed by atoms with E-state index in [2.05, 4.69) is 27.5 Å². The first kappa shape index (κ1) is 16.8. The zero-order valence-electron chi connectivity index (χ0n) is 15.1. The quantitative estimate of drug-likeness (QED) is 0.880. The molecule has 3 unspecified atom stereocenters. The van der Waals surface area contributed by atoms with Crippen molar-refractivity contribution in [2.75, 3.05) is 20.7 Å². The highest BCUT2D eigenvalue weighted by Crippen LogP contribution is 2.35. The largest absolute Gasteiger partial charge is 0.377 e. The summed E-state index contributed by atoms with van der Waals surface area (Å²) in [6.45, 7) is 1.18. The number of methoxy groups -OCH3 is 1. The molecule has 0 bridgehead atoms. The van der Waals surface area contributed by atoms with Gasteiger partial charge in [0, 0.05) is 36.9 Å². The van der Waals surface area contributed by atoms with E-state index in [0.29, 0.717) is 17.7 Å². The Labute approximate surface area is 149 Å². The molecule has 1 saturated heterocycles. The highest BCUT2D eigenvalue weighted by Gasteiger charge is 2.38. The second-order valence-electron chi connectivity index (χ2n) is 7.75. The lowest BCUT2D eigenvalue weighted by Crippen LogP contribution is -2.37. The number of rotatable bonds is 3. The van der Waals surface area contributed by atoms with Gasteiger partial charge in [0.05, 0.1) is 6.10 Å². The summed E-state index contributed by atoms with van der Waals surface area (Å²) >= 11 is 0. The first-order valence-electron chi connectivity index (χ1n) is 9.45. The number of aromatic amines is 1. The van der Waals surface area contributed by atoms with Crippen LogP contribution in [-0.2, 0) is 11.2 Å². The molecule has 2 aliphatic carbocycles. The SMILES string of the molecule is COC1C=Cc2c(C(=O)N[C@H]3CC4CCCCN(C)C4C3)n[nH]c2C1. The molecule has 2 fully saturated rings. The summed E-state index contributed by atoms with van der Waals surface area (Å²) < 4.78 is 5.36. The number of fused-ring (bicyclic) bond motifs is 2. The zero-order valence-corrected chi connectivity index (χ0v) is 15.1. The van der Waals surface area contributed by atoms with E-state index in [4.69, 9.17) is 4.74 Å². The molecule has 6 nitrogen and oxygen atoms in total. The van der Waals surface area contributed by atoms with Crippen molar-refractivity contribution in [3.63, 3.8) is 0 Å². The number of carbonyl (C=O) groups is 1. The molecule has 0 aromatic carbocycles. The Hall–Kier alpha value is -1.66. The summed E-state index contributed by atoms with van der Waals surface area (Å²) in [6.07, 6.45) is 10.8. The van der Waals surface area contributed by atoms with E-state index in [1.807, 2.05) is 12.2 Å². The number of nitrogens with one attached hydrogen (secondary N) is 2. The smallest absolute Gasteiger partial charge is 0.272 e. The third-order valence-corrected chi connectivity index (χ3v) is 6.18. The van der Waals surface area contributed by atoms with Crippen LogP contribution in [0, 0.1) is 5.92 Å². The molecule has 6 heteroatoms. The predicted octanol–water partition coefficient (Wildman–Crippen LogP) is 1.99. The number of ether oxygens (including phenoxy) is 1. The lowest BCUT2D eigenvalue weighted by atomic mass is 9.98. The van der Waals surface area contributed by atoms with Gasteiger partial charge < -0.3 is 15.0 Å². The average molecular weight is 344 g/mol. The first-order chi connectivity index (χ1) is 12.2. The van der Waals surface area contributed by atoms with Crippen LogP contribution in [0.4, 0.5) is 0 Å². The van der Waals surface area contributed by atoms with Gasteiger partial charge in [-0.15, -0.1) is 0 Å². The summed E-state index contributed by atoms with van der Waals surface area (Å²) in [4.78, 5) is 15.3. The number of hydrogen-bond acceptors (Lipinski definition) is 4. The lowest BCUT2D eigenvalue weighted by Gasteiger charge is -2.26. The third kappa shape index (κ3) is 3.25. The number of aromatic nitrogens is 2. The fourth-order valence-corrected chi connectivity index (χ4v) is 4.79. The van der Waals surface area contributed by atoms with Crippen LogP contribution in [0.5, 0.6) is 0 Å². The van der Waals surface area contributed by atoms with Gasteiger partial charge in [-0.25, -0.2) is 0 Å². The molecule has 3 aliphatic rings. The van der Waals surface area contributed by atoms with E-state index in [9.17, 15) is 4.79 Å². The second kappa shape index (κ2) is 6.92. The maximum absolute atomic E-state index is 12.8. The highest BCUT2D eigenvalue weighted by molar-refractivity contribution is 5.96. The van der Waals surface area contributed by atoms with Crippen LogP contribution >= 0.6 is 0 Å². The van der Waals surface area contributed by atoms with Gasteiger partial charge in [-0.2, -0.15) is 5.10 Å². The normalized spacial score (nSPS) is 32.1.